The molecule has 84 valence electrons. The second-order valence-corrected chi connectivity index (χ2v) is 3.28. The maximum Gasteiger partial charge on any atom is 0.165 e. The van der Waals surface area contributed by atoms with Crippen LogP contribution in [0, 0.1) is 11.6 Å². The number of aliphatic hydroxyl groups excluding tert-OH is 1. The highest BCUT2D eigenvalue weighted by Crippen LogP contribution is 2.31. The number of aliphatic hydroxyl groups is 1. The Morgan fingerprint density at radius 1 is 1.33 bits per heavy atom. The fraction of sp³-hybridized carbons (Fsp3) is 0.400. The van der Waals surface area contributed by atoms with Gasteiger partial charge in [0.25, 0.3) is 0 Å². The van der Waals surface area contributed by atoms with E-state index in [9.17, 15) is 13.9 Å². The smallest absolute Gasteiger partial charge is 0.165 e. The number of halogens is 2. The van der Waals surface area contributed by atoms with Crippen LogP contribution in [0.25, 0.3) is 0 Å². The summed E-state index contributed by atoms with van der Waals surface area (Å²) in [6.45, 7) is 1.49. The molecule has 15 heavy (non-hydrogen) atoms. The first kappa shape index (κ1) is 11.9. The van der Waals surface area contributed by atoms with E-state index in [4.69, 9.17) is 10.5 Å². The molecular formula is C10H13F2NO2. The van der Waals surface area contributed by atoms with Gasteiger partial charge >= 0.3 is 0 Å². The molecule has 5 heteroatoms. The minimum atomic E-state index is -1.30. The fourth-order valence-electron chi connectivity index (χ4n) is 1.29. The number of hydrogen-bond donors (Lipinski definition) is 2. The van der Waals surface area contributed by atoms with Gasteiger partial charge in [0.2, 0.25) is 0 Å². The summed E-state index contributed by atoms with van der Waals surface area (Å²) in [6.07, 6.45) is -1.30. The summed E-state index contributed by atoms with van der Waals surface area (Å²) in [5, 5.41) is 9.60. The van der Waals surface area contributed by atoms with E-state index in [0.717, 1.165) is 12.1 Å². The lowest BCUT2D eigenvalue weighted by Crippen LogP contribution is -2.25. The van der Waals surface area contributed by atoms with Crippen molar-refractivity contribution in [1.29, 1.82) is 0 Å². The molecule has 0 aromatic heterocycles. The molecule has 0 aliphatic rings. The third-order valence-electron chi connectivity index (χ3n) is 2.09. The molecule has 0 heterocycles. The highest BCUT2D eigenvalue weighted by molar-refractivity contribution is 5.38. The largest absolute Gasteiger partial charge is 0.493 e. The van der Waals surface area contributed by atoms with Crippen molar-refractivity contribution in [2.24, 2.45) is 5.73 Å². The van der Waals surface area contributed by atoms with Gasteiger partial charge < -0.3 is 15.6 Å². The lowest BCUT2D eigenvalue weighted by Gasteiger charge is -2.18. The Hall–Kier alpha value is -1.20. The van der Waals surface area contributed by atoms with Crippen molar-refractivity contribution in [2.45, 2.75) is 19.1 Å². The van der Waals surface area contributed by atoms with E-state index in [1.807, 2.05) is 0 Å². The van der Waals surface area contributed by atoms with E-state index in [1.165, 1.54) is 14.0 Å². The average Bonchev–Trinajstić information content (AvgIpc) is 2.19. The van der Waals surface area contributed by atoms with Gasteiger partial charge in [0.15, 0.2) is 11.6 Å². The van der Waals surface area contributed by atoms with Gasteiger partial charge in [-0.05, 0) is 19.1 Å². The fourth-order valence-corrected chi connectivity index (χ4v) is 1.29. The van der Waals surface area contributed by atoms with Crippen LogP contribution in [-0.4, -0.2) is 18.3 Å². The van der Waals surface area contributed by atoms with Crippen LogP contribution in [0.3, 0.4) is 0 Å². The third kappa shape index (κ3) is 2.24. The molecule has 0 amide bonds. The zero-order valence-corrected chi connectivity index (χ0v) is 8.50. The first-order valence-corrected chi connectivity index (χ1v) is 4.44. The van der Waals surface area contributed by atoms with E-state index >= 15 is 0 Å². The Morgan fingerprint density at radius 2 is 1.87 bits per heavy atom. The molecule has 0 aliphatic carbocycles. The van der Waals surface area contributed by atoms with Crippen LogP contribution in [0.4, 0.5) is 8.78 Å². The number of benzene rings is 1. The van der Waals surface area contributed by atoms with E-state index in [2.05, 4.69) is 0 Å². The van der Waals surface area contributed by atoms with Crippen molar-refractivity contribution in [2.75, 3.05) is 7.11 Å². The van der Waals surface area contributed by atoms with E-state index in [1.54, 1.807) is 0 Å². The van der Waals surface area contributed by atoms with Crippen LogP contribution < -0.4 is 10.5 Å². The molecule has 3 nitrogen and oxygen atoms in total. The topological polar surface area (TPSA) is 55.5 Å². The highest BCUT2D eigenvalue weighted by atomic mass is 19.1. The van der Waals surface area contributed by atoms with Gasteiger partial charge in [-0.25, -0.2) is 8.78 Å². The highest BCUT2D eigenvalue weighted by Gasteiger charge is 2.24. The van der Waals surface area contributed by atoms with E-state index in [-0.39, 0.29) is 11.3 Å². The number of nitrogens with two attached hydrogens (primary N) is 1. The van der Waals surface area contributed by atoms with E-state index in [0.29, 0.717) is 0 Å². The Morgan fingerprint density at radius 3 is 2.33 bits per heavy atom. The van der Waals surface area contributed by atoms with Crippen molar-refractivity contribution in [1.82, 2.24) is 0 Å². The van der Waals surface area contributed by atoms with Gasteiger partial charge in [0, 0.05) is 6.04 Å². The zero-order chi connectivity index (χ0) is 11.6. The number of rotatable bonds is 3. The van der Waals surface area contributed by atoms with Crippen LogP contribution in [0.5, 0.6) is 5.75 Å². The Kier molecular flexibility index (Phi) is 3.60. The van der Waals surface area contributed by atoms with Crippen molar-refractivity contribution in [3.63, 3.8) is 0 Å². The molecule has 0 bridgehead atoms. The molecule has 1 rings (SSSR count). The quantitative estimate of drug-likeness (QED) is 0.803. The summed E-state index contributed by atoms with van der Waals surface area (Å²) in [4.78, 5) is 0. The molecule has 1 aromatic rings. The first-order chi connectivity index (χ1) is 6.99. The predicted octanol–water partition coefficient (Wildman–Crippen LogP) is 1.35. The lowest BCUT2D eigenvalue weighted by molar-refractivity contribution is 0.144. The molecule has 0 aliphatic heterocycles. The standard InChI is InChI=1S/C10H13F2NO2/c1-5(13)9(14)8-6(11)3-4-7(12)10(8)15-2/h3-5,9,14H,13H2,1-2H3. The summed E-state index contributed by atoms with van der Waals surface area (Å²) in [5.74, 6) is -1.77. The lowest BCUT2D eigenvalue weighted by atomic mass is 10.0. The van der Waals surface area contributed by atoms with Crippen LogP contribution in [0.15, 0.2) is 12.1 Å². The maximum absolute atomic E-state index is 13.4. The molecule has 0 saturated heterocycles. The van der Waals surface area contributed by atoms with Crippen molar-refractivity contribution >= 4 is 0 Å². The summed E-state index contributed by atoms with van der Waals surface area (Å²) in [7, 11) is 1.20. The van der Waals surface area contributed by atoms with Crippen LogP contribution >= 0.6 is 0 Å². The molecule has 0 saturated carbocycles. The zero-order valence-electron chi connectivity index (χ0n) is 8.50. The minimum Gasteiger partial charge on any atom is -0.493 e. The molecule has 0 radical (unpaired) electrons. The summed E-state index contributed by atoms with van der Waals surface area (Å²) in [5.41, 5.74) is 5.17. The second-order valence-electron chi connectivity index (χ2n) is 3.28. The van der Waals surface area contributed by atoms with Gasteiger partial charge in [-0.3, -0.25) is 0 Å². The minimum absolute atomic E-state index is 0.243. The Labute approximate surface area is 86.5 Å². The second kappa shape index (κ2) is 4.55. The monoisotopic (exact) mass is 217 g/mol. The molecule has 0 spiro atoms. The normalized spacial score (nSPS) is 14.8. The summed E-state index contributed by atoms with van der Waals surface area (Å²) >= 11 is 0. The SMILES string of the molecule is COc1c(F)ccc(F)c1C(O)C(C)N. The molecule has 2 atom stereocenters. The van der Waals surface area contributed by atoms with Gasteiger partial charge in [0.1, 0.15) is 11.9 Å². The molecular weight excluding hydrogens is 204 g/mol. The van der Waals surface area contributed by atoms with Gasteiger partial charge in [-0.15, -0.1) is 0 Å². The number of methoxy groups -OCH3 is 1. The van der Waals surface area contributed by atoms with Gasteiger partial charge in [-0.2, -0.15) is 0 Å². The van der Waals surface area contributed by atoms with Gasteiger partial charge in [-0.1, -0.05) is 0 Å². The molecule has 1 aromatic carbocycles. The van der Waals surface area contributed by atoms with Crippen LogP contribution in [0.2, 0.25) is 0 Å². The third-order valence-corrected chi connectivity index (χ3v) is 2.09. The number of ether oxygens (including phenoxy) is 1. The number of hydrogen-bond acceptors (Lipinski definition) is 3. The van der Waals surface area contributed by atoms with Gasteiger partial charge in [0.05, 0.1) is 12.7 Å². The molecule has 3 N–H and O–H groups in total. The first-order valence-electron chi connectivity index (χ1n) is 4.44. The van der Waals surface area contributed by atoms with Crippen LogP contribution in [-0.2, 0) is 0 Å². The molecule has 0 fully saturated rings. The summed E-state index contributed by atoms with van der Waals surface area (Å²) in [6, 6.07) is 1.15. The summed E-state index contributed by atoms with van der Waals surface area (Å²) < 4.78 is 31.3. The predicted molar refractivity (Wildman–Crippen MR) is 51.5 cm³/mol. The van der Waals surface area contributed by atoms with Crippen molar-refractivity contribution in [3.05, 3.63) is 29.3 Å². The van der Waals surface area contributed by atoms with Crippen molar-refractivity contribution < 1.29 is 18.6 Å². The van der Waals surface area contributed by atoms with E-state index < -0.39 is 23.8 Å². The Bertz CT molecular complexity index is 356. The average molecular weight is 217 g/mol. The van der Waals surface area contributed by atoms with Crippen LogP contribution in [0.1, 0.15) is 18.6 Å². The molecule has 2 unspecified atom stereocenters. The Balaban J connectivity index is 3.30. The maximum atomic E-state index is 13.4. The van der Waals surface area contributed by atoms with Crippen molar-refractivity contribution in [3.8, 4) is 5.75 Å².